The molecule has 1 aromatic rings. The maximum absolute atomic E-state index is 5.03. The molecule has 0 spiro atoms. The van der Waals surface area contributed by atoms with Crippen molar-refractivity contribution in [3.05, 3.63) is 42.5 Å². The first-order valence-electron chi connectivity index (χ1n) is 4.11. The third kappa shape index (κ3) is 3.11. The maximum atomic E-state index is 5.03. The predicted molar refractivity (Wildman–Crippen MR) is 55.7 cm³/mol. The first-order chi connectivity index (χ1) is 6.36. The van der Waals surface area contributed by atoms with Gasteiger partial charge < -0.3 is 4.74 Å². The number of rotatable bonds is 4. The van der Waals surface area contributed by atoms with Crippen LogP contribution in [-0.4, -0.2) is 19.9 Å². The van der Waals surface area contributed by atoms with Crippen LogP contribution in [0.4, 0.5) is 0 Å². The van der Waals surface area contributed by atoms with Gasteiger partial charge in [-0.15, -0.1) is 6.58 Å². The molecule has 0 aliphatic heterocycles. The van der Waals surface area contributed by atoms with Crippen LogP contribution in [0.5, 0.6) is 5.75 Å². The molecule has 0 amide bonds. The molecule has 0 N–H and O–H groups in total. The zero-order valence-corrected chi connectivity index (χ0v) is 7.73. The Morgan fingerprint density at radius 3 is 2.62 bits per heavy atom. The summed E-state index contributed by atoms with van der Waals surface area (Å²) in [6.45, 7) is 4.24. The second kappa shape index (κ2) is 5.14. The summed E-state index contributed by atoms with van der Waals surface area (Å²) in [5, 5.41) is 0. The van der Waals surface area contributed by atoms with Gasteiger partial charge in [-0.25, -0.2) is 0 Å². The van der Waals surface area contributed by atoms with Crippen molar-refractivity contribution in [1.82, 2.24) is 0 Å². The molecule has 0 saturated heterocycles. The van der Waals surface area contributed by atoms with E-state index in [4.69, 9.17) is 4.74 Å². The van der Waals surface area contributed by atoms with Crippen LogP contribution in [0.3, 0.4) is 0 Å². The Hall–Kier alpha value is -1.57. The Morgan fingerprint density at radius 2 is 2.08 bits per heavy atom. The number of benzene rings is 1. The van der Waals surface area contributed by atoms with Crippen molar-refractivity contribution in [2.75, 3.05) is 13.7 Å². The highest BCUT2D eigenvalue weighted by Crippen LogP contribution is 2.09. The van der Waals surface area contributed by atoms with Crippen molar-refractivity contribution in [2.24, 2.45) is 4.99 Å². The van der Waals surface area contributed by atoms with Gasteiger partial charge in [0, 0.05) is 6.21 Å². The van der Waals surface area contributed by atoms with Crippen molar-refractivity contribution in [1.29, 1.82) is 0 Å². The fourth-order valence-corrected chi connectivity index (χ4v) is 0.923. The molecule has 0 unspecified atom stereocenters. The van der Waals surface area contributed by atoms with E-state index in [-0.39, 0.29) is 0 Å². The van der Waals surface area contributed by atoms with Crippen molar-refractivity contribution in [3.8, 4) is 5.75 Å². The van der Waals surface area contributed by atoms with Gasteiger partial charge in [0.15, 0.2) is 0 Å². The standard InChI is InChI=1S/C11H13NO/c1-3-8-12-9-10-4-6-11(13-2)7-5-10/h3-7,9H,1,8H2,2H3/b12-9+. The number of methoxy groups -OCH3 is 1. The van der Waals surface area contributed by atoms with Crippen molar-refractivity contribution < 1.29 is 4.74 Å². The average molecular weight is 175 g/mol. The summed E-state index contributed by atoms with van der Waals surface area (Å²) in [5.74, 6) is 0.862. The number of hydrogen-bond acceptors (Lipinski definition) is 2. The summed E-state index contributed by atoms with van der Waals surface area (Å²) in [6, 6.07) is 7.75. The van der Waals surface area contributed by atoms with Gasteiger partial charge in [-0.2, -0.15) is 0 Å². The summed E-state index contributed by atoms with van der Waals surface area (Å²) in [6.07, 6.45) is 3.58. The van der Waals surface area contributed by atoms with E-state index in [1.807, 2.05) is 30.5 Å². The molecule has 0 aliphatic carbocycles. The quantitative estimate of drug-likeness (QED) is 0.508. The van der Waals surface area contributed by atoms with E-state index >= 15 is 0 Å². The molecular weight excluding hydrogens is 162 g/mol. The molecule has 0 bridgehead atoms. The molecular formula is C11H13NO. The lowest BCUT2D eigenvalue weighted by atomic mass is 10.2. The molecule has 0 aromatic heterocycles. The minimum absolute atomic E-state index is 0.659. The molecule has 68 valence electrons. The summed E-state index contributed by atoms with van der Waals surface area (Å²) >= 11 is 0. The predicted octanol–water partition coefficient (Wildman–Crippen LogP) is 2.30. The second-order valence-corrected chi connectivity index (χ2v) is 2.56. The fraction of sp³-hybridized carbons (Fsp3) is 0.182. The molecule has 2 nitrogen and oxygen atoms in total. The number of nitrogens with zero attached hydrogens (tertiary/aromatic N) is 1. The highest BCUT2D eigenvalue weighted by molar-refractivity contribution is 5.79. The summed E-state index contributed by atoms with van der Waals surface area (Å²) in [4.78, 5) is 4.13. The van der Waals surface area contributed by atoms with Gasteiger partial charge in [-0.05, 0) is 29.8 Å². The van der Waals surface area contributed by atoms with E-state index < -0.39 is 0 Å². The van der Waals surface area contributed by atoms with Gasteiger partial charge in [0.2, 0.25) is 0 Å². The molecule has 1 aromatic carbocycles. The van der Waals surface area contributed by atoms with Crippen LogP contribution in [0, 0.1) is 0 Å². The van der Waals surface area contributed by atoms with E-state index in [0.29, 0.717) is 6.54 Å². The lowest BCUT2D eigenvalue weighted by Gasteiger charge is -1.98. The molecule has 0 fully saturated rings. The molecule has 0 radical (unpaired) electrons. The SMILES string of the molecule is C=CC/N=C/c1ccc(OC)cc1. The largest absolute Gasteiger partial charge is 0.497 e. The fourth-order valence-electron chi connectivity index (χ4n) is 0.923. The maximum Gasteiger partial charge on any atom is 0.118 e. The minimum atomic E-state index is 0.659. The summed E-state index contributed by atoms with van der Waals surface area (Å²) in [5.41, 5.74) is 1.07. The van der Waals surface area contributed by atoms with E-state index in [2.05, 4.69) is 11.6 Å². The van der Waals surface area contributed by atoms with Gasteiger partial charge in [0.1, 0.15) is 5.75 Å². The second-order valence-electron chi connectivity index (χ2n) is 2.56. The first kappa shape index (κ1) is 9.52. The molecule has 2 heteroatoms. The van der Waals surface area contributed by atoms with Crippen LogP contribution >= 0.6 is 0 Å². The van der Waals surface area contributed by atoms with Crippen LogP contribution in [0.15, 0.2) is 41.9 Å². The molecule has 0 aliphatic rings. The van der Waals surface area contributed by atoms with Gasteiger partial charge in [-0.1, -0.05) is 6.08 Å². The van der Waals surface area contributed by atoms with Crippen LogP contribution in [-0.2, 0) is 0 Å². The van der Waals surface area contributed by atoms with Gasteiger partial charge in [-0.3, -0.25) is 4.99 Å². The number of ether oxygens (including phenoxy) is 1. The average Bonchev–Trinajstić information content (AvgIpc) is 2.19. The summed E-state index contributed by atoms with van der Waals surface area (Å²) < 4.78 is 5.03. The third-order valence-electron chi connectivity index (χ3n) is 1.59. The molecule has 1 rings (SSSR count). The van der Waals surface area contributed by atoms with E-state index in [9.17, 15) is 0 Å². The zero-order chi connectivity index (χ0) is 9.52. The Morgan fingerprint density at radius 1 is 1.38 bits per heavy atom. The Bertz CT molecular complexity index is 287. The van der Waals surface area contributed by atoms with Crippen LogP contribution in [0.25, 0.3) is 0 Å². The van der Waals surface area contributed by atoms with E-state index in [1.165, 1.54) is 0 Å². The third-order valence-corrected chi connectivity index (χ3v) is 1.59. The minimum Gasteiger partial charge on any atom is -0.497 e. The lowest BCUT2D eigenvalue weighted by molar-refractivity contribution is 0.415. The summed E-state index contributed by atoms with van der Waals surface area (Å²) in [7, 11) is 1.65. The highest BCUT2D eigenvalue weighted by Gasteiger charge is 1.89. The Labute approximate surface area is 78.6 Å². The van der Waals surface area contributed by atoms with Gasteiger partial charge >= 0.3 is 0 Å². The van der Waals surface area contributed by atoms with E-state index in [1.54, 1.807) is 13.2 Å². The van der Waals surface area contributed by atoms with Gasteiger partial charge in [0.25, 0.3) is 0 Å². The molecule has 13 heavy (non-hydrogen) atoms. The van der Waals surface area contributed by atoms with Crippen LogP contribution in [0.2, 0.25) is 0 Å². The normalized spacial score (nSPS) is 10.2. The monoisotopic (exact) mass is 175 g/mol. The Balaban J connectivity index is 2.63. The van der Waals surface area contributed by atoms with E-state index in [0.717, 1.165) is 11.3 Å². The van der Waals surface area contributed by atoms with Crippen LogP contribution < -0.4 is 4.74 Å². The molecule has 0 saturated carbocycles. The smallest absolute Gasteiger partial charge is 0.118 e. The van der Waals surface area contributed by atoms with Gasteiger partial charge in [0.05, 0.1) is 13.7 Å². The number of hydrogen-bond donors (Lipinski definition) is 0. The first-order valence-corrected chi connectivity index (χ1v) is 4.11. The highest BCUT2D eigenvalue weighted by atomic mass is 16.5. The number of aliphatic imine (C=N–C) groups is 1. The molecule has 0 atom stereocenters. The van der Waals surface area contributed by atoms with Crippen molar-refractivity contribution in [2.45, 2.75) is 0 Å². The van der Waals surface area contributed by atoms with Crippen LogP contribution in [0.1, 0.15) is 5.56 Å². The topological polar surface area (TPSA) is 21.6 Å². The molecule has 0 heterocycles. The zero-order valence-electron chi connectivity index (χ0n) is 7.73. The van der Waals surface area contributed by atoms with Crippen molar-refractivity contribution >= 4 is 6.21 Å². The lowest BCUT2D eigenvalue weighted by Crippen LogP contribution is -1.85. The Kier molecular flexibility index (Phi) is 3.76. The van der Waals surface area contributed by atoms with Crippen molar-refractivity contribution in [3.63, 3.8) is 0 Å².